The summed E-state index contributed by atoms with van der Waals surface area (Å²) in [5.41, 5.74) is 1.89. The smallest absolute Gasteiger partial charge is 0.125 e. The summed E-state index contributed by atoms with van der Waals surface area (Å²) in [6, 6.07) is 10.3. The van der Waals surface area contributed by atoms with Gasteiger partial charge in [-0.2, -0.15) is 0 Å². The normalized spacial score (nSPS) is 31.2. The van der Waals surface area contributed by atoms with E-state index in [1.54, 1.807) is 36.7 Å². The van der Waals surface area contributed by atoms with Crippen LogP contribution in [-0.4, -0.2) is 35.7 Å². The fraction of sp³-hybridized carbons (Fsp3) is 0.462. The minimum atomic E-state index is 0.169. The SMILES string of the molecule is Oc1cc(Cl)ccc1C=NCC12CC3CC(C1)CC(CN=Cc1ccc(Cl)cc1O)(C3)C2. The Labute approximate surface area is 199 Å². The molecule has 2 aromatic carbocycles. The Bertz CT molecular complexity index is 986. The van der Waals surface area contributed by atoms with Crippen molar-refractivity contribution in [2.45, 2.75) is 38.5 Å². The molecule has 0 heterocycles. The Morgan fingerprint density at radius 2 is 1.22 bits per heavy atom. The average molecular weight is 471 g/mol. The molecule has 0 aliphatic heterocycles. The van der Waals surface area contributed by atoms with E-state index in [-0.39, 0.29) is 22.3 Å². The number of phenolic OH excluding ortho intramolecular Hbond substituents is 2. The monoisotopic (exact) mass is 470 g/mol. The molecule has 168 valence electrons. The third kappa shape index (κ3) is 4.40. The number of aliphatic imine (C=N–C) groups is 2. The van der Waals surface area contributed by atoms with Gasteiger partial charge in [0.15, 0.2) is 0 Å². The molecule has 6 heteroatoms. The molecule has 32 heavy (non-hydrogen) atoms. The molecule has 6 rings (SSSR count). The molecule has 2 N–H and O–H groups in total. The molecule has 4 saturated carbocycles. The van der Waals surface area contributed by atoms with Crippen LogP contribution in [0.25, 0.3) is 0 Å². The van der Waals surface area contributed by atoms with Gasteiger partial charge >= 0.3 is 0 Å². The van der Waals surface area contributed by atoms with Gasteiger partial charge in [0.2, 0.25) is 0 Å². The van der Waals surface area contributed by atoms with Gasteiger partial charge in [0.1, 0.15) is 11.5 Å². The number of hydrogen-bond donors (Lipinski definition) is 2. The molecule has 0 saturated heterocycles. The first-order valence-corrected chi connectivity index (χ1v) is 12.1. The van der Waals surface area contributed by atoms with Gasteiger partial charge < -0.3 is 10.2 Å². The first-order valence-electron chi connectivity index (χ1n) is 11.3. The molecule has 4 fully saturated rings. The van der Waals surface area contributed by atoms with Crippen LogP contribution in [0.4, 0.5) is 0 Å². The molecular weight excluding hydrogens is 443 g/mol. The van der Waals surface area contributed by atoms with E-state index in [0.29, 0.717) is 21.2 Å². The van der Waals surface area contributed by atoms with E-state index in [1.807, 2.05) is 12.1 Å². The zero-order valence-corrected chi connectivity index (χ0v) is 19.5. The third-order valence-electron chi connectivity index (χ3n) is 7.60. The summed E-state index contributed by atoms with van der Waals surface area (Å²) >= 11 is 11.9. The highest BCUT2D eigenvalue weighted by Crippen LogP contribution is 2.65. The molecular formula is C26H28Cl2N2O2. The van der Waals surface area contributed by atoms with Crippen molar-refractivity contribution in [2.75, 3.05) is 13.1 Å². The van der Waals surface area contributed by atoms with Crippen LogP contribution in [0.1, 0.15) is 49.7 Å². The van der Waals surface area contributed by atoms with Crippen molar-refractivity contribution in [2.24, 2.45) is 32.7 Å². The molecule has 4 aliphatic rings. The fourth-order valence-electron chi connectivity index (χ4n) is 6.95. The van der Waals surface area contributed by atoms with Crippen LogP contribution in [-0.2, 0) is 0 Å². The first-order chi connectivity index (χ1) is 15.3. The Morgan fingerprint density at radius 3 is 1.62 bits per heavy atom. The number of benzene rings is 2. The van der Waals surface area contributed by atoms with E-state index in [9.17, 15) is 10.2 Å². The molecule has 2 aromatic rings. The lowest BCUT2D eigenvalue weighted by atomic mass is 9.44. The van der Waals surface area contributed by atoms with E-state index >= 15 is 0 Å². The predicted octanol–water partition coefficient (Wildman–Crippen LogP) is 6.53. The number of hydrogen-bond acceptors (Lipinski definition) is 4. The average Bonchev–Trinajstić information content (AvgIpc) is 2.70. The van der Waals surface area contributed by atoms with Gasteiger partial charge in [-0.25, -0.2) is 0 Å². The molecule has 0 spiro atoms. The maximum absolute atomic E-state index is 10.1. The van der Waals surface area contributed by atoms with Crippen LogP contribution in [0, 0.1) is 22.7 Å². The number of nitrogens with zero attached hydrogens (tertiary/aromatic N) is 2. The highest BCUT2D eigenvalue weighted by atomic mass is 35.5. The minimum Gasteiger partial charge on any atom is -0.507 e. The van der Waals surface area contributed by atoms with Crippen molar-refractivity contribution in [1.82, 2.24) is 0 Å². The van der Waals surface area contributed by atoms with Gasteiger partial charge in [-0.05, 0) is 97.6 Å². The molecule has 0 aromatic heterocycles. The number of phenols is 2. The van der Waals surface area contributed by atoms with Crippen molar-refractivity contribution in [1.29, 1.82) is 0 Å². The van der Waals surface area contributed by atoms with Crippen LogP contribution < -0.4 is 0 Å². The highest BCUT2D eigenvalue weighted by molar-refractivity contribution is 6.31. The third-order valence-corrected chi connectivity index (χ3v) is 8.07. The summed E-state index contributed by atoms with van der Waals surface area (Å²) < 4.78 is 0. The lowest BCUT2D eigenvalue weighted by molar-refractivity contribution is -0.100. The lowest BCUT2D eigenvalue weighted by Crippen LogP contribution is -2.54. The summed E-state index contributed by atoms with van der Waals surface area (Å²) in [7, 11) is 0. The Hall–Kier alpha value is -2.04. The van der Waals surface area contributed by atoms with Crippen LogP contribution in [0.3, 0.4) is 0 Å². The van der Waals surface area contributed by atoms with Gasteiger partial charge in [-0.3, -0.25) is 9.98 Å². The summed E-state index contributed by atoms with van der Waals surface area (Å²) in [6.07, 6.45) is 11.1. The van der Waals surface area contributed by atoms with Crippen molar-refractivity contribution in [3.63, 3.8) is 0 Å². The van der Waals surface area contributed by atoms with Crippen LogP contribution >= 0.6 is 23.2 Å². The quantitative estimate of drug-likeness (QED) is 0.471. The topological polar surface area (TPSA) is 65.2 Å². The van der Waals surface area contributed by atoms with Gasteiger partial charge in [0.25, 0.3) is 0 Å². The molecule has 4 nitrogen and oxygen atoms in total. The zero-order valence-electron chi connectivity index (χ0n) is 18.0. The Kier molecular flexibility index (Phi) is 5.71. The maximum atomic E-state index is 10.1. The highest BCUT2D eigenvalue weighted by Gasteiger charge is 2.57. The summed E-state index contributed by atoms with van der Waals surface area (Å²) in [4.78, 5) is 9.58. The molecule has 0 amide bonds. The van der Waals surface area contributed by atoms with Crippen molar-refractivity contribution in [3.8, 4) is 11.5 Å². The van der Waals surface area contributed by atoms with Crippen molar-refractivity contribution in [3.05, 3.63) is 57.6 Å². The van der Waals surface area contributed by atoms with Crippen LogP contribution in [0.2, 0.25) is 10.0 Å². The largest absolute Gasteiger partial charge is 0.507 e. The van der Waals surface area contributed by atoms with Gasteiger partial charge in [-0.1, -0.05) is 23.2 Å². The summed E-state index contributed by atoms with van der Waals surface area (Å²) in [5.74, 6) is 1.86. The molecule has 4 bridgehead atoms. The summed E-state index contributed by atoms with van der Waals surface area (Å²) in [6.45, 7) is 1.59. The van der Waals surface area contributed by atoms with Crippen molar-refractivity contribution >= 4 is 35.6 Å². The van der Waals surface area contributed by atoms with E-state index in [1.165, 1.54) is 32.1 Å². The minimum absolute atomic E-state index is 0.169. The lowest BCUT2D eigenvalue weighted by Gasteiger charge is -2.61. The second kappa shape index (κ2) is 8.39. The summed E-state index contributed by atoms with van der Waals surface area (Å²) in [5, 5.41) is 21.3. The predicted molar refractivity (Wildman–Crippen MR) is 131 cm³/mol. The van der Waals surface area contributed by atoms with Gasteiger partial charge in [0, 0.05) is 46.7 Å². The molecule has 0 radical (unpaired) electrons. The van der Waals surface area contributed by atoms with Crippen LogP contribution in [0.15, 0.2) is 46.4 Å². The van der Waals surface area contributed by atoms with E-state index in [4.69, 9.17) is 33.2 Å². The number of halogens is 2. The zero-order chi connectivity index (χ0) is 22.3. The Balaban J connectivity index is 1.30. The second-order valence-electron chi connectivity index (χ2n) is 10.3. The fourth-order valence-corrected chi connectivity index (χ4v) is 7.28. The van der Waals surface area contributed by atoms with Crippen molar-refractivity contribution < 1.29 is 10.2 Å². The second-order valence-corrected chi connectivity index (χ2v) is 11.2. The molecule has 0 atom stereocenters. The number of aromatic hydroxyl groups is 2. The molecule has 4 aliphatic carbocycles. The van der Waals surface area contributed by atoms with Gasteiger partial charge in [0.05, 0.1) is 0 Å². The van der Waals surface area contributed by atoms with E-state index in [2.05, 4.69) is 0 Å². The van der Waals surface area contributed by atoms with E-state index < -0.39 is 0 Å². The van der Waals surface area contributed by atoms with Gasteiger partial charge in [-0.15, -0.1) is 0 Å². The Morgan fingerprint density at radius 1 is 0.781 bits per heavy atom. The maximum Gasteiger partial charge on any atom is 0.125 e. The van der Waals surface area contributed by atoms with E-state index in [0.717, 1.165) is 31.3 Å². The first kappa shape index (κ1) is 21.8. The molecule has 0 unspecified atom stereocenters. The number of rotatable bonds is 6. The van der Waals surface area contributed by atoms with Crippen LogP contribution in [0.5, 0.6) is 11.5 Å². The standard InChI is InChI=1S/C26H28Cl2N2O2/c27-21-3-1-19(23(31)6-21)12-29-15-25-8-17-5-18(9-25)11-26(10-17,14-25)16-30-13-20-2-4-22(28)7-24(20)32/h1-4,6-7,12-13,17-18,31-32H,5,8-11,14-16H2.